The van der Waals surface area contributed by atoms with Crippen LogP contribution in [0.4, 0.5) is 0 Å². The van der Waals surface area contributed by atoms with Gasteiger partial charge in [0.1, 0.15) is 0 Å². The number of amidine groups is 1. The van der Waals surface area contributed by atoms with E-state index in [1.54, 1.807) is 0 Å². The zero-order chi connectivity index (χ0) is 10.3. The molecule has 0 radical (unpaired) electrons. The summed E-state index contributed by atoms with van der Waals surface area (Å²) in [4.78, 5) is 0. The highest BCUT2D eigenvalue weighted by atomic mass is 14.7. The molecule has 0 aromatic rings. The topological polar surface area (TPSA) is 49.9 Å². The van der Waals surface area contributed by atoms with Crippen LogP contribution in [0, 0.1) is 17.2 Å². The summed E-state index contributed by atoms with van der Waals surface area (Å²) < 4.78 is 0. The molecular weight excluding hydrogens is 160 g/mol. The quantitative estimate of drug-likeness (QED) is 0.502. The highest BCUT2D eigenvalue weighted by Crippen LogP contribution is 2.30. The summed E-state index contributed by atoms with van der Waals surface area (Å²) in [6, 6.07) is 0. The first-order valence-electron chi connectivity index (χ1n) is 5.58. The number of hydrogen-bond acceptors (Lipinski definition) is 1. The van der Waals surface area contributed by atoms with Crippen molar-refractivity contribution in [3.8, 4) is 0 Å². The van der Waals surface area contributed by atoms with Crippen molar-refractivity contribution < 1.29 is 0 Å². The van der Waals surface area contributed by atoms with E-state index in [1.807, 2.05) is 13.8 Å². The van der Waals surface area contributed by atoms with Crippen molar-refractivity contribution in [2.24, 2.45) is 17.6 Å². The minimum absolute atomic E-state index is 0.401. The highest BCUT2D eigenvalue weighted by Gasteiger charge is 2.21. The first kappa shape index (κ1) is 12.5. The van der Waals surface area contributed by atoms with Crippen LogP contribution in [0.3, 0.4) is 0 Å². The maximum Gasteiger partial charge on any atom is 0.0936 e. The third kappa shape index (κ3) is 4.30. The molecule has 0 heterocycles. The fraction of sp³-hybridized carbons (Fsp3) is 0.909. The van der Waals surface area contributed by atoms with Crippen LogP contribution in [0.2, 0.25) is 0 Å². The second kappa shape index (κ2) is 6.93. The summed E-state index contributed by atoms with van der Waals surface area (Å²) in [5.41, 5.74) is 5.44. The van der Waals surface area contributed by atoms with E-state index in [1.165, 1.54) is 19.3 Å². The van der Waals surface area contributed by atoms with E-state index in [4.69, 9.17) is 11.1 Å². The lowest BCUT2D eigenvalue weighted by Crippen LogP contribution is -2.26. The number of rotatable bonds is 2. The van der Waals surface area contributed by atoms with Gasteiger partial charge in [0.05, 0.1) is 5.84 Å². The second-order valence-corrected chi connectivity index (χ2v) is 3.58. The Balaban J connectivity index is 0.000000671. The van der Waals surface area contributed by atoms with Gasteiger partial charge in [-0.3, -0.25) is 5.41 Å². The Morgan fingerprint density at radius 1 is 1.23 bits per heavy atom. The Morgan fingerprint density at radius 2 is 1.69 bits per heavy atom. The van der Waals surface area contributed by atoms with Crippen molar-refractivity contribution >= 4 is 5.84 Å². The molecule has 1 rings (SSSR count). The van der Waals surface area contributed by atoms with Gasteiger partial charge in [-0.1, -0.05) is 27.2 Å². The Hall–Kier alpha value is -0.530. The first-order chi connectivity index (χ1) is 6.24. The molecule has 1 aliphatic rings. The first-order valence-corrected chi connectivity index (χ1v) is 5.58. The van der Waals surface area contributed by atoms with Crippen LogP contribution in [-0.4, -0.2) is 5.84 Å². The third-order valence-corrected chi connectivity index (χ3v) is 2.86. The fourth-order valence-corrected chi connectivity index (χ4v) is 1.88. The number of nitrogens with two attached hydrogens (primary N) is 1. The normalized spacial score (nSPS) is 27.3. The smallest absolute Gasteiger partial charge is 0.0936 e. The summed E-state index contributed by atoms with van der Waals surface area (Å²) in [6.07, 6.45) is 6.15. The molecular formula is C11H24N2. The van der Waals surface area contributed by atoms with Gasteiger partial charge in [-0.15, -0.1) is 0 Å². The summed E-state index contributed by atoms with van der Waals surface area (Å²) >= 11 is 0. The van der Waals surface area contributed by atoms with Crippen LogP contribution in [0.5, 0.6) is 0 Å². The van der Waals surface area contributed by atoms with E-state index in [9.17, 15) is 0 Å². The number of hydrogen-bond donors (Lipinski definition) is 2. The van der Waals surface area contributed by atoms with Crippen molar-refractivity contribution in [2.75, 3.05) is 0 Å². The Morgan fingerprint density at radius 3 is 2.00 bits per heavy atom. The molecule has 1 aliphatic carbocycles. The molecule has 0 unspecified atom stereocenters. The SMILES string of the molecule is CC.CCC1CCC(C(=N)N)CC1. The van der Waals surface area contributed by atoms with Crippen molar-refractivity contribution in [1.29, 1.82) is 5.41 Å². The van der Waals surface area contributed by atoms with Gasteiger partial charge in [0.25, 0.3) is 0 Å². The number of nitrogens with one attached hydrogen (secondary N) is 1. The van der Waals surface area contributed by atoms with E-state index in [0.717, 1.165) is 18.8 Å². The fourth-order valence-electron chi connectivity index (χ4n) is 1.88. The molecule has 0 aromatic heterocycles. The molecule has 1 fully saturated rings. The van der Waals surface area contributed by atoms with Crippen molar-refractivity contribution in [1.82, 2.24) is 0 Å². The molecule has 78 valence electrons. The van der Waals surface area contributed by atoms with Gasteiger partial charge in [0, 0.05) is 5.92 Å². The molecule has 3 N–H and O–H groups in total. The second-order valence-electron chi connectivity index (χ2n) is 3.58. The maximum absolute atomic E-state index is 7.29. The average molecular weight is 184 g/mol. The minimum atomic E-state index is 0.401. The lowest BCUT2D eigenvalue weighted by molar-refractivity contribution is 0.313. The zero-order valence-electron chi connectivity index (χ0n) is 9.27. The molecule has 0 saturated heterocycles. The molecule has 0 aromatic carbocycles. The Labute approximate surface area is 82.4 Å². The summed E-state index contributed by atoms with van der Waals surface area (Å²) in [5.74, 6) is 1.71. The minimum Gasteiger partial charge on any atom is -0.387 e. The van der Waals surface area contributed by atoms with Crippen LogP contribution < -0.4 is 5.73 Å². The molecule has 0 atom stereocenters. The molecule has 2 nitrogen and oxygen atoms in total. The summed E-state index contributed by atoms with van der Waals surface area (Å²) in [7, 11) is 0. The van der Waals surface area contributed by atoms with E-state index >= 15 is 0 Å². The summed E-state index contributed by atoms with van der Waals surface area (Å²) in [5, 5.41) is 7.29. The van der Waals surface area contributed by atoms with Crippen LogP contribution in [0.15, 0.2) is 0 Å². The van der Waals surface area contributed by atoms with Crippen LogP contribution in [0.25, 0.3) is 0 Å². The van der Waals surface area contributed by atoms with E-state index in [2.05, 4.69) is 6.92 Å². The van der Waals surface area contributed by atoms with Gasteiger partial charge in [0.15, 0.2) is 0 Å². The van der Waals surface area contributed by atoms with Crippen LogP contribution in [0.1, 0.15) is 52.9 Å². The molecule has 0 aliphatic heterocycles. The zero-order valence-corrected chi connectivity index (χ0v) is 9.27. The lowest BCUT2D eigenvalue weighted by atomic mass is 9.80. The molecule has 13 heavy (non-hydrogen) atoms. The van der Waals surface area contributed by atoms with Crippen molar-refractivity contribution in [3.05, 3.63) is 0 Å². The van der Waals surface area contributed by atoms with Gasteiger partial charge in [-0.25, -0.2) is 0 Å². The highest BCUT2D eigenvalue weighted by molar-refractivity contribution is 5.79. The maximum atomic E-state index is 7.29. The molecule has 0 amide bonds. The van der Waals surface area contributed by atoms with Crippen molar-refractivity contribution in [2.45, 2.75) is 52.9 Å². The Bertz CT molecular complexity index is 135. The van der Waals surface area contributed by atoms with Crippen molar-refractivity contribution in [3.63, 3.8) is 0 Å². The average Bonchev–Trinajstić information content (AvgIpc) is 2.21. The summed E-state index contributed by atoms with van der Waals surface area (Å²) in [6.45, 7) is 6.25. The van der Waals surface area contributed by atoms with Gasteiger partial charge < -0.3 is 5.73 Å². The largest absolute Gasteiger partial charge is 0.387 e. The van der Waals surface area contributed by atoms with E-state index in [-0.39, 0.29) is 0 Å². The Kier molecular flexibility index (Phi) is 6.65. The molecule has 1 saturated carbocycles. The van der Waals surface area contributed by atoms with E-state index in [0.29, 0.717) is 11.8 Å². The van der Waals surface area contributed by atoms with Crippen LogP contribution >= 0.6 is 0 Å². The predicted octanol–water partition coefficient (Wildman–Crippen LogP) is 3.16. The van der Waals surface area contributed by atoms with Crippen LogP contribution in [-0.2, 0) is 0 Å². The van der Waals surface area contributed by atoms with E-state index < -0.39 is 0 Å². The van der Waals surface area contributed by atoms with Gasteiger partial charge in [-0.05, 0) is 31.6 Å². The van der Waals surface area contributed by atoms with Gasteiger partial charge in [0.2, 0.25) is 0 Å². The lowest BCUT2D eigenvalue weighted by Gasteiger charge is -2.26. The molecule has 2 heteroatoms. The monoisotopic (exact) mass is 184 g/mol. The van der Waals surface area contributed by atoms with Gasteiger partial charge >= 0.3 is 0 Å². The molecule has 0 bridgehead atoms. The standard InChI is InChI=1S/C9H18N2.C2H6/c1-2-7-3-5-8(6-4-7)9(10)11;1-2/h7-8H,2-6H2,1H3,(H3,10,11);1-2H3. The third-order valence-electron chi connectivity index (χ3n) is 2.86. The van der Waals surface area contributed by atoms with Gasteiger partial charge in [-0.2, -0.15) is 0 Å². The predicted molar refractivity (Wildman–Crippen MR) is 59.0 cm³/mol. The molecule has 0 spiro atoms.